The topological polar surface area (TPSA) is 116 Å². The van der Waals surface area contributed by atoms with Gasteiger partial charge in [0.15, 0.2) is 0 Å². The Kier molecular flexibility index (Phi) is 5.02. The van der Waals surface area contributed by atoms with Gasteiger partial charge in [-0.05, 0) is 33.6 Å². The molecule has 0 aromatic heterocycles. The van der Waals surface area contributed by atoms with Crippen molar-refractivity contribution >= 4 is 23.9 Å². The lowest BCUT2D eigenvalue weighted by molar-refractivity contribution is -0.171. The molecule has 2 bridgehead atoms. The van der Waals surface area contributed by atoms with Crippen LogP contribution in [0.1, 0.15) is 40.5 Å². The van der Waals surface area contributed by atoms with E-state index in [2.05, 4.69) is 6.58 Å². The van der Waals surface area contributed by atoms with Gasteiger partial charge < -0.3 is 19.3 Å². The minimum absolute atomic E-state index is 0.209. The number of carbonyl (C=O) groups is 4. The Balaban J connectivity index is 1.65. The summed E-state index contributed by atoms with van der Waals surface area (Å²) in [7, 11) is 0. The van der Waals surface area contributed by atoms with E-state index >= 15 is 0 Å². The molecular formula is C20H26O8. The van der Waals surface area contributed by atoms with Crippen LogP contribution in [0.25, 0.3) is 0 Å². The van der Waals surface area contributed by atoms with Crippen LogP contribution in [0, 0.1) is 29.6 Å². The van der Waals surface area contributed by atoms with E-state index in [4.69, 9.17) is 14.2 Å². The molecule has 8 nitrogen and oxygen atoms in total. The van der Waals surface area contributed by atoms with E-state index in [1.54, 1.807) is 27.7 Å². The highest BCUT2D eigenvalue weighted by Gasteiger charge is 2.70. The van der Waals surface area contributed by atoms with Gasteiger partial charge in [-0.2, -0.15) is 0 Å². The fourth-order valence-electron chi connectivity index (χ4n) is 4.93. The third kappa shape index (κ3) is 3.40. The predicted octanol–water partition coefficient (Wildman–Crippen LogP) is 1.71. The molecule has 2 aliphatic carbocycles. The summed E-state index contributed by atoms with van der Waals surface area (Å²) < 4.78 is 16.3. The molecule has 0 amide bonds. The van der Waals surface area contributed by atoms with Crippen molar-refractivity contribution in [3.8, 4) is 0 Å². The molecule has 1 heterocycles. The Morgan fingerprint density at radius 2 is 1.96 bits per heavy atom. The molecule has 1 saturated heterocycles. The summed E-state index contributed by atoms with van der Waals surface area (Å²) in [4.78, 5) is 48.1. The van der Waals surface area contributed by atoms with Gasteiger partial charge in [0.2, 0.25) is 0 Å². The van der Waals surface area contributed by atoms with E-state index in [-0.39, 0.29) is 17.9 Å². The maximum Gasteiger partial charge on any atom is 0.333 e. The molecular weight excluding hydrogens is 368 g/mol. The van der Waals surface area contributed by atoms with E-state index in [0.29, 0.717) is 6.42 Å². The predicted molar refractivity (Wildman–Crippen MR) is 94.7 cm³/mol. The Labute approximate surface area is 163 Å². The second-order valence-electron chi connectivity index (χ2n) is 8.79. The van der Waals surface area contributed by atoms with Crippen molar-refractivity contribution in [1.29, 1.82) is 0 Å². The summed E-state index contributed by atoms with van der Waals surface area (Å²) in [5.41, 5.74) is -0.639. The Hall–Kier alpha value is -2.38. The Morgan fingerprint density at radius 3 is 2.54 bits per heavy atom. The first-order chi connectivity index (χ1) is 12.9. The zero-order valence-electron chi connectivity index (χ0n) is 16.5. The maximum absolute atomic E-state index is 12.6. The van der Waals surface area contributed by atoms with Gasteiger partial charge in [-0.25, -0.2) is 4.79 Å². The molecule has 3 aliphatic rings. The standard InChI is InChI=1S/C20H26O8/c1-8(2)17(23)28-20(4,5)7-9(3)18(24)26-14-10-6-11-13(12(10)16(21)22)19(25)27-15(11)14/h9-15H,1,6-7H2,2-5H3,(H,21,22). The molecule has 1 N–H and O–H groups in total. The third-order valence-electron chi connectivity index (χ3n) is 6.00. The van der Waals surface area contributed by atoms with E-state index in [1.165, 1.54) is 0 Å². The molecule has 0 radical (unpaired) electrons. The zero-order chi connectivity index (χ0) is 21.0. The van der Waals surface area contributed by atoms with Crippen LogP contribution in [0.4, 0.5) is 0 Å². The fourth-order valence-corrected chi connectivity index (χ4v) is 4.93. The number of ether oxygens (including phenoxy) is 3. The average Bonchev–Trinajstić information content (AvgIpc) is 3.16. The van der Waals surface area contributed by atoms with Crippen LogP contribution in [-0.4, -0.2) is 46.8 Å². The number of carbonyl (C=O) groups excluding carboxylic acids is 3. The number of carboxylic acids is 1. The largest absolute Gasteiger partial charge is 0.481 e. The van der Waals surface area contributed by atoms with E-state index in [1.807, 2.05) is 0 Å². The van der Waals surface area contributed by atoms with E-state index in [0.717, 1.165) is 0 Å². The molecule has 8 heteroatoms. The third-order valence-corrected chi connectivity index (χ3v) is 6.00. The van der Waals surface area contributed by atoms with Crippen LogP contribution in [0.15, 0.2) is 12.2 Å². The molecule has 0 aromatic rings. The highest BCUT2D eigenvalue weighted by Crippen LogP contribution is 2.58. The van der Waals surface area contributed by atoms with Gasteiger partial charge in [-0.15, -0.1) is 0 Å². The molecule has 28 heavy (non-hydrogen) atoms. The first-order valence-corrected chi connectivity index (χ1v) is 9.45. The molecule has 7 unspecified atom stereocenters. The number of rotatable bonds is 7. The number of aliphatic carboxylic acids is 1. The minimum atomic E-state index is -1.06. The number of carboxylic acid groups (broad SMARTS) is 1. The summed E-state index contributed by atoms with van der Waals surface area (Å²) in [5, 5.41) is 9.51. The van der Waals surface area contributed by atoms with Crippen molar-refractivity contribution in [2.45, 2.75) is 58.3 Å². The summed E-state index contributed by atoms with van der Waals surface area (Å²) in [6.07, 6.45) is -0.582. The maximum atomic E-state index is 12.6. The van der Waals surface area contributed by atoms with Crippen LogP contribution in [-0.2, 0) is 33.4 Å². The zero-order valence-corrected chi connectivity index (χ0v) is 16.5. The quantitative estimate of drug-likeness (QED) is 0.394. The molecule has 154 valence electrons. The van der Waals surface area contributed by atoms with Gasteiger partial charge in [-0.3, -0.25) is 14.4 Å². The second kappa shape index (κ2) is 6.90. The summed E-state index contributed by atoms with van der Waals surface area (Å²) in [6, 6.07) is 0. The van der Waals surface area contributed by atoms with Crippen LogP contribution in [0.2, 0.25) is 0 Å². The molecule has 3 rings (SSSR count). The van der Waals surface area contributed by atoms with Gasteiger partial charge in [0.05, 0.1) is 17.8 Å². The minimum Gasteiger partial charge on any atom is -0.481 e. The van der Waals surface area contributed by atoms with E-state index < -0.39 is 65.4 Å². The lowest BCUT2D eigenvalue weighted by atomic mass is 9.78. The average molecular weight is 394 g/mol. The lowest BCUT2D eigenvalue weighted by Gasteiger charge is -2.31. The number of hydrogen-bond acceptors (Lipinski definition) is 7. The Morgan fingerprint density at radius 1 is 1.32 bits per heavy atom. The monoisotopic (exact) mass is 394 g/mol. The molecule has 0 spiro atoms. The van der Waals surface area contributed by atoms with Crippen molar-refractivity contribution in [1.82, 2.24) is 0 Å². The van der Waals surface area contributed by atoms with Gasteiger partial charge in [0, 0.05) is 17.4 Å². The summed E-state index contributed by atoms with van der Waals surface area (Å²) >= 11 is 0. The van der Waals surface area contributed by atoms with E-state index in [9.17, 15) is 24.3 Å². The molecule has 2 saturated carbocycles. The van der Waals surface area contributed by atoms with Crippen LogP contribution in [0.5, 0.6) is 0 Å². The van der Waals surface area contributed by atoms with Gasteiger partial charge >= 0.3 is 23.9 Å². The van der Waals surface area contributed by atoms with Gasteiger partial charge in [-0.1, -0.05) is 13.5 Å². The van der Waals surface area contributed by atoms with Crippen molar-refractivity contribution in [2.75, 3.05) is 0 Å². The van der Waals surface area contributed by atoms with Gasteiger partial charge in [0.25, 0.3) is 0 Å². The second-order valence-corrected chi connectivity index (χ2v) is 8.79. The number of hydrogen-bond donors (Lipinski definition) is 1. The highest BCUT2D eigenvalue weighted by atomic mass is 16.6. The van der Waals surface area contributed by atoms with Crippen molar-refractivity contribution in [2.24, 2.45) is 29.6 Å². The highest BCUT2D eigenvalue weighted by molar-refractivity contribution is 5.87. The number of esters is 3. The van der Waals surface area contributed by atoms with Crippen LogP contribution in [0.3, 0.4) is 0 Å². The number of fused-ring (bicyclic) bond motifs is 1. The first kappa shape index (κ1) is 20.4. The van der Waals surface area contributed by atoms with Crippen LogP contribution < -0.4 is 0 Å². The SMILES string of the molecule is C=C(C)C(=O)OC(C)(C)CC(C)C(=O)OC1C2CC3C1OC(=O)C3C2C(=O)O. The fraction of sp³-hybridized carbons (Fsp3) is 0.700. The molecule has 3 fully saturated rings. The summed E-state index contributed by atoms with van der Waals surface area (Å²) in [6.45, 7) is 10.1. The summed E-state index contributed by atoms with van der Waals surface area (Å²) in [5.74, 6) is -5.37. The smallest absolute Gasteiger partial charge is 0.333 e. The van der Waals surface area contributed by atoms with Crippen molar-refractivity contribution < 1.29 is 38.5 Å². The first-order valence-electron chi connectivity index (χ1n) is 9.45. The Bertz CT molecular complexity index is 738. The normalized spacial score (nSPS) is 33.9. The molecule has 1 aliphatic heterocycles. The van der Waals surface area contributed by atoms with Gasteiger partial charge in [0.1, 0.15) is 17.8 Å². The molecule has 0 aromatic carbocycles. The molecule has 7 atom stereocenters. The van der Waals surface area contributed by atoms with Crippen LogP contribution >= 0.6 is 0 Å². The lowest BCUT2D eigenvalue weighted by Crippen LogP contribution is -2.44. The van der Waals surface area contributed by atoms with Crippen molar-refractivity contribution in [3.63, 3.8) is 0 Å². The van der Waals surface area contributed by atoms with Crippen molar-refractivity contribution in [3.05, 3.63) is 12.2 Å².